The van der Waals surface area contributed by atoms with Crippen LogP contribution in [0, 0.1) is 0 Å². The highest BCUT2D eigenvalue weighted by atomic mass is 35.5. The van der Waals surface area contributed by atoms with Crippen molar-refractivity contribution in [3.05, 3.63) is 23.2 Å². The first-order valence-electron chi connectivity index (χ1n) is 6.62. The van der Waals surface area contributed by atoms with Crippen molar-refractivity contribution in [2.45, 2.75) is 37.0 Å². The van der Waals surface area contributed by atoms with Crippen LogP contribution < -0.4 is 10.6 Å². The molecule has 4 nitrogen and oxygen atoms in total. The van der Waals surface area contributed by atoms with Crippen molar-refractivity contribution < 1.29 is 9.00 Å². The third-order valence-corrected chi connectivity index (χ3v) is 4.97. The second-order valence-corrected chi connectivity index (χ2v) is 8.50. The van der Waals surface area contributed by atoms with E-state index in [0.717, 1.165) is 4.90 Å². The molecule has 0 fully saturated rings. The van der Waals surface area contributed by atoms with E-state index in [4.69, 9.17) is 11.6 Å². The molecule has 2 atom stereocenters. The zero-order valence-electron chi connectivity index (χ0n) is 12.6. The van der Waals surface area contributed by atoms with E-state index < -0.39 is 10.8 Å². The van der Waals surface area contributed by atoms with Gasteiger partial charge in [0.15, 0.2) is 0 Å². The van der Waals surface area contributed by atoms with E-state index >= 15 is 0 Å². The zero-order chi connectivity index (χ0) is 16.0. The van der Waals surface area contributed by atoms with Crippen LogP contribution in [0.4, 0.5) is 10.5 Å². The second kappa shape index (κ2) is 8.66. The molecule has 0 aliphatic rings. The van der Waals surface area contributed by atoms with Gasteiger partial charge in [-0.1, -0.05) is 31.5 Å². The van der Waals surface area contributed by atoms with Crippen molar-refractivity contribution >= 4 is 45.9 Å². The first-order chi connectivity index (χ1) is 9.79. The van der Waals surface area contributed by atoms with Crippen LogP contribution in [0.3, 0.4) is 0 Å². The number of amides is 2. The Morgan fingerprint density at radius 1 is 1.38 bits per heavy atom. The number of carbonyl (C=O) groups excluding carboxylic acids is 1. The van der Waals surface area contributed by atoms with Crippen molar-refractivity contribution in [2.75, 3.05) is 17.3 Å². The third-order valence-electron chi connectivity index (χ3n) is 2.43. The van der Waals surface area contributed by atoms with E-state index in [1.165, 1.54) is 0 Å². The summed E-state index contributed by atoms with van der Waals surface area (Å²) in [5.41, 5.74) is 0.684. The lowest BCUT2D eigenvalue weighted by Gasteiger charge is -2.16. The number of hydrogen-bond acceptors (Lipinski definition) is 3. The lowest BCUT2D eigenvalue weighted by atomic mass is 10.3. The number of urea groups is 1. The lowest BCUT2D eigenvalue weighted by Crippen LogP contribution is -2.39. The van der Waals surface area contributed by atoms with Crippen LogP contribution in [-0.2, 0) is 10.8 Å². The van der Waals surface area contributed by atoms with E-state index in [1.807, 2.05) is 13.0 Å². The molecule has 2 N–H and O–H groups in total. The Bertz CT molecular complexity index is 524. The molecule has 21 heavy (non-hydrogen) atoms. The maximum Gasteiger partial charge on any atom is 0.319 e. The summed E-state index contributed by atoms with van der Waals surface area (Å²) < 4.78 is 11.1. The van der Waals surface area contributed by atoms with Gasteiger partial charge in [0.25, 0.3) is 0 Å². The van der Waals surface area contributed by atoms with Crippen LogP contribution in [0.1, 0.15) is 20.8 Å². The molecule has 2 amide bonds. The van der Waals surface area contributed by atoms with Gasteiger partial charge in [0.1, 0.15) is 0 Å². The Labute approximate surface area is 137 Å². The molecule has 0 saturated carbocycles. The van der Waals surface area contributed by atoms with Gasteiger partial charge in [-0.3, -0.25) is 4.21 Å². The molecular formula is C14H21ClN2O2S2. The molecule has 1 aromatic rings. The molecule has 0 aliphatic heterocycles. The fourth-order valence-electron chi connectivity index (χ4n) is 1.74. The molecule has 7 heteroatoms. The third kappa shape index (κ3) is 6.72. The Morgan fingerprint density at radius 3 is 2.62 bits per heavy atom. The van der Waals surface area contributed by atoms with Crippen LogP contribution in [-0.4, -0.2) is 33.5 Å². The molecule has 0 aromatic heterocycles. The molecule has 0 saturated heterocycles. The normalized spacial score (nSPS) is 13.8. The molecule has 118 valence electrons. The van der Waals surface area contributed by atoms with E-state index in [2.05, 4.69) is 24.5 Å². The van der Waals surface area contributed by atoms with Gasteiger partial charge in [-0.15, -0.1) is 11.8 Å². The van der Waals surface area contributed by atoms with Gasteiger partial charge >= 0.3 is 6.03 Å². The summed E-state index contributed by atoms with van der Waals surface area (Å²) in [4.78, 5) is 12.8. The summed E-state index contributed by atoms with van der Waals surface area (Å²) in [5, 5.41) is 6.55. The van der Waals surface area contributed by atoms with Crippen LogP contribution in [0.15, 0.2) is 23.1 Å². The number of halogens is 1. The number of rotatable bonds is 6. The van der Waals surface area contributed by atoms with Crippen molar-refractivity contribution in [3.63, 3.8) is 0 Å². The van der Waals surface area contributed by atoms with Crippen molar-refractivity contribution in [3.8, 4) is 0 Å². The maximum absolute atomic E-state index is 12.0. The fraction of sp³-hybridized carbons (Fsp3) is 0.500. The first kappa shape index (κ1) is 18.3. The fourth-order valence-corrected chi connectivity index (χ4v) is 3.73. The van der Waals surface area contributed by atoms with Crippen LogP contribution in [0.25, 0.3) is 0 Å². The average Bonchev–Trinajstić information content (AvgIpc) is 2.31. The number of carbonyl (C=O) groups is 1. The highest BCUT2D eigenvalue weighted by molar-refractivity contribution is 8.00. The summed E-state index contributed by atoms with van der Waals surface area (Å²) >= 11 is 7.80. The summed E-state index contributed by atoms with van der Waals surface area (Å²) in [6.45, 7) is 5.95. The van der Waals surface area contributed by atoms with Gasteiger partial charge in [-0.2, -0.15) is 0 Å². The predicted octanol–water partition coefficient (Wildman–Crippen LogP) is 3.73. The molecule has 1 aromatic carbocycles. The number of thioether (sulfide) groups is 1. The molecule has 0 aliphatic carbocycles. The van der Waals surface area contributed by atoms with Gasteiger partial charge in [-0.05, 0) is 19.1 Å². The van der Waals surface area contributed by atoms with Crippen molar-refractivity contribution in [1.82, 2.24) is 5.32 Å². The van der Waals surface area contributed by atoms with Crippen LogP contribution >= 0.6 is 23.4 Å². The van der Waals surface area contributed by atoms with Crippen LogP contribution in [0.2, 0.25) is 5.02 Å². The number of anilines is 1. The molecule has 0 bridgehead atoms. The minimum absolute atomic E-state index is 0.156. The Morgan fingerprint density at radius 2 is 2.05 bits per heavy atom. The molecule has 0 radical (unpaired) electrons. The Balaban J connectivity index is 2.76. The van der Waals surface area contributed by atoms with E-state index in [-0.39, 0.29) is 12.1 Å². The molecular weight excluding hydrogens is 328 g/mol. The van der Waals surface area contributed by atoms with Crippen LogP contribution in [0.5, 0.6) is 0 Å². The maximum atomic E-state index is 12.0. The summed E-state index contributed by atoms with van der Waals surface area (Å²) in [6, 6.07) is 4.95. The number of hydrogen-bond donors (Lipinski definition) is 2. The van der Waals surface area contributed by atoms with Gasteiger partial charge in [0, 0.05) is 39.0 Å². The van der Waals surface area contributed by atoms with E-state index in [1.54, 1.807) is 30.2 Å². The summed E-state index contributed by atoms with van der Waals surface area (Å²) in [6.07, 6.45) is 1.62. The van der Waals surface area contributed by atoms with E-state index in [9.17, 15) is 9.00 Å². The lowest BCUT2D eigenvalue weighted by molar-refractivity contribution is 0.250. The largest absolute Gasteiger partial charge is 0.334 e. The Hall–Kier alpha value is -0.720. The summed E-state index contributed by atoms with van der Waals surface area (Å²) in [7, 11) is -0.942. The van der Waals surface area contributed by atoms with Crippen molar-refractivity contribution in [2.24, 2.45) is 0 Å². The highest BCUT2D eigenvalue weighted by Gasteiger charge is 2.14. The molecule has 1 rings (SSSR count). The Kier molecular flexibility index (Phi) is 7.56. The minimum atomic E-state index is -0.942. The molecule has 0 heterocycles. The van der Waals surface area contributed by atoms with Crippen molar-refractivity contribution in [1.29, 1.82) is 0 Å². The number of nitrogens with one attached hydrogen (secondary N) is 2. The highest BCUT2D eigenvalue weighted by Crippen LogP contribution is 2.36. The smallest absolute Gasteiger partial charge is 0.319 e. The van der Waals surface area contributed by atoms with E-state index in [0.29, 0.717) is 21.7 Å². The monoisotopic (exact) mass is 348 g/mol. The zero-order valence-corrected chi connectivity index (χ0v) is 15.0. The standard InChI is InChI=1S/C14H21ClN2O2S2/c1-9(2)20-13-11(15)6-5-7-12(13)17-14(18)16-10(3)8-21(4)19/h5-7,9-10H,8H2,1-4H3,(H2,16,17,18)/t10-,21-/m0/s1. The van der Waals surface area contributed by atoms with Gasteiger partial charge < -0.3 is 10.6 Å². The topological polar surface area (TPSA) is 58.2 Å². The summed E-state index contributed by atoms with van der Waals surface area (Å²) in [5.74, 6) is 0.427. The van der Waals surface area contributed by atoms with Gasteiger partial charge in [0.05, 0.1) is 10.7 Å². The second-order valence-electron chi connectivity index (χ2n) is 5.02. The molecule has 0 spiro atoms. The van der Waals surface area contributed by atoms with Gasteiger partial charge in [0.2, 0.25) is 0 Å². The predicted molar refractivity (Wildman–Crippen MR) is 93.0 cm³/mol. The number of benzene rings is 1. The first-order valence-corrected chi connectivity index (χ1v) is 9.60. The molecule has 0 unspecified atom stereocenters. The quantitative estimate of drug-likeness (QED) is 0.770. The minimum Gasteiger partial charge on any atom is -0.334 e. The SMILES string of the molecule is CC(C)Sc1c(Cl)cccc1NC(=O)N[C@@H](C)C[S@](C)=O. The van der Waals surface area contributed by atoms with Gasteiger partial charge in [-0.25, -0.2) is 4.79 Å². The average molecular weight is 349 g/mol.